The number of imidazole rings is 1. The Morgan fingerprint density at radius 3 is 2.26 bits per heavy atom. The molecule has 0 spiro atoms. The number of benzene rings is 2. The van der Waals surface area contributed by atoms with Crippen molar-refractivity contribution in [2.75, 3.05) is 4.72 Å². The third-order valence-corrected chi connectivity index (χ3v) is 5.13. The van der Waals surface area contributed by atoms with Crippen molar-refractivity contribution in [2.45, 2.75) is 25.2 Å². The van der Waals surface area contributed by atoms with Crippen LogP contribution in [0.4, 0.5) is 5.69 Å². The minimum Gasteiger partial charge on any atom is -0.306 e. The highest BCUT2D eigenvalue weighted by molar-refractivity contribution is 7.92. The first-order valence-corrected chi connectivity index (χ1v) is 8.72. The molecule has 0 aliphatic carbocycles. The van der Waals surface area contributed by atoms with E-state index in [0.29, 0.717) is 16.7 Å². The van der Waals surface area contributed by atoms with E-state index in [1.165, 1.54) is 0 Å². The van der Waals surface area contributed by atoms with Gasteiger partial charge >= 0.3 is 5.69 Å². The minimum atomic E-state index is -3.67. The third kappa shape index (κ3) is 3.00. The van der Waals surface area contributed by atoms with Gasteiger partial charge in [0.05, 0.1) is 21.6 Å². The van der Waals surface area contributed by atoms with Crippen molar-refractivity contribution >= 4 is 26.7 Å². The molecular weight excluding hydrogens is 314 g/mol. The molecule has 0 fully saturated rings. The first-order chi connectivity index (χ1) is 10.9. The van der Waals surface area contributed by atoms with Crippen molar-refractivity contribution in [3.63, 3.8) is 0 Å². The lowest BCUT2D eigenvalue weighted by Crippen LogP contribution is -2.13. The van der Waals surface area contributed by atoms with Gasteiger partial charge in [-0.15, -0.1) is 0 Å². The average Bonchev–Trinajstić information content (AvgIpc) is 2.86. The number of sulfonamides is 1. The van der Waals surface area contributed by atoms with Crippen LogP contribution in [0.5, 0.6) is 0 Å². The normalized spacial score (nSPS) is 11.7. The molecule has 0 bridgehead atoms. The highest BCUT2D eigenvalue weighted by Gasteiger charge is 2.16. The number of aromatic nitrogens is 2. The van der Waals surface area contributed by atoms with Crippen LogP contribution in [0.2, 0.25) is 0 Å². The molecule has 0 aliphatic heterocycles. The van der Waals surface area contributed by atoms with Crippen molar-refractivity contribution < 1.29 is 8.42 Å². The van der Waals surface area contributed by atoms with Gasteiger partial charge in [0, 0.05) is 0 Å². The number of fused-ring (bicyclic) bond motifs is 1. The standard InChI is InChI=1S/C16H17N3O3S/c1-3-11-4-6-12(7-5-11)23(21,22)19-13-9-15-14(8-10(13)2)17-16(20)18-15/h4-9,19H,3H2,1-2H3,(H2,17,18,20). The maximum atomic E-state index is 12.5. The molecular formula is C16H17N3O3S. The lowest BCUT2D eigenvalue weighted by molar-refractivity contribution is 0.601. The largest absolute Gasteiger partial charge is 0.323 e. The van der Waals surface area contributed by atoms with E-state index in [-0.39, 0.29) is 10.6 Å². The van der Waals surface area contributed by atoms with Gasteiger partial charge in [0.2, 0.25) is 0 Å². The zero-order valence-corrected chi connectivity index (χ0v) is 13.6. The van der Waals surface area contributed by atoms with E-state index in [1.807, 2.05) is 6.92 Å². The molecule has 3 N–H and O–H groups in total. The summed E-state index contributed by atoms with van der Waals surface area (Å²) in [6, 6.07) is 10.1. The van der Waals surface area contributed by atoms with Gasteiger partial charge in [0.15, 0.2) is 0 Å². The van der Waals surface area contributed by atoms with E-state index in [9.17, 15) is 13.2 Å². The molecule has 2 aromatic carbocycles. The van der Waals surface area contributed by atoms with Crippen LogP contribution < -0.4 is 10.4 Å². The van der Waals surface area contributed by atoms with E-state index in [0.717, 1.165) is 17.5 Å². The zero-order chi connectivity index (χ0) is 16.6. The highest BCUT2D eigenvalue weighted by atomic mass is 32.2. The molecule has 3 aromatic rings. The quantitative estimate of drug-likeness (QED) is 0.685. The molecule has 0 atom stereocenters. The van der Waals surface area contributed by atoms with Crippen LogP contribution in [-0.4, -0.2) is 18.4 Å². The maximum absolute atomic E-state index is 12.5. The van der Waals surface area contributed by atoms with Crippen LogP contribution in [0, 0.1) is 6.92 Å². The number of aryl methyl sites for hydroxylation is 2. The molecule has 3 rings (SSSR count). The van der Waals surface area contributed by atoms with Crippen LogP contribution in [0.3, 0.4) is 0 Å². The molecule has 6 nitrogen and oxygen atoms in total. The molecule has 0 aliphatic rings. The number of nitrogens with one attached hydrogen (secondary N) is 3. The van der Waals surface area contributed by atoms with Crippen LogP contribution in [0.25, 0.3) is 11.0 Å². The van der Waals surface area contributed by atoms with E-state index >= 15 is 0 Å². The monoisotopic (exact) mass is 331 g/mol. The summed E-state index contributed by atoms with van der Waals surface area (Å²) in [5.74, 6) is 0. The Morgan fingerprint density at radius 1 is 1.04 bits per heavy atom. The summed E-state index contributed by atoms with van der Waals surface area (Å²) in [6.45, 7) is 3.79. The Bertz CT molecular complexity index is 1010. The lowest BCUT2D eigenvalue weighted by Gasteiger charge is -2.11. The van der Waals surface area contributed by atoms with Crippen LogP contribution >= 0.6 is 0 Å². The number of H-pyrrole nitrogens is 2. The van der Waals surface area contributed by atoms with Crippen molar-refractivity contribution in [1.29, 1.82) is 0 Å². The molecule has 0 saturated carbocycles. The summed E-state index contributed by atoms with van der Waals surface area (Å²) >= 11 is 0. The second-order valence-electron chi connectivity index (χ2n) is 5.39. The fraction of sp³-hybridized carbons (Fsp3) is 0.188. The lowest BCUT2D eigenvalue weighted by atomic mass is 10.2. The van der Waals surface area contributed by atoms with E-state index < -0.39 is 10.0 Å². The maximum Gasteiger partial charge on any atom is 0.323 e. The van der Waals surface area contributed by atoms with E-state index in [4.69, 9.17) is 0 Å². The predicted molar refractivity (Wildman–Crippen MR) is 90.3 cm³/mol. The van der Waals surface area contributed by atoms with E-state index in [1.54, 1.807) is 43.3 Å². The smallest absolute Gasteiger partial charge is 0.306 e. The molecule has 0 saturated heterocycles. The number of hydrogen-bond acceptors (Lipinski definition) is 3. The highest BCUT2D eigenvalue weighted by Crippen LogP contribution is 2.23. The third-order valence-electron chi connectivity index (χ3n) is 3.75. The molecule has 0 radical (unpaired) electrons. The first kappa shape index (κ1) is 15.4. The Hall–Kier alpha value is -2.54. The van der Waals surface area contributed by atoms with Crippen LogP contribution in [0.1, 0.15) is 18.1 Å². The van der Waals surface area contributed by atoms with Gasteiger partial charge in [-0.3, -0.25) is 4.72 Å². The Kier molecular flexibility index (Phi) is 3.73. The molecule has 0 unspecified atom stereocenters. The van der Waals surface area contributed by atoms with Crippen molar-refractivity contribution in [1.82, 2.24) is 9.97 Å². The van der Waals surface area contributed by atoms with Crippen molar-refractivity contribution in [2.24, 2.45) is 0 Å². The predicted octanol–water partition coefficient (Wildman–Crippen LogP) is 2.53. The summed E-state index contributed by atoms with van der Waals surface area (Å²) in [4.78, 5) is 16.8. The van der Waals surface area contributed by atoms with E-state index in [2.05, 4.69) is 14.7 Å². The second kappa shape index (κ2) is 5.58. The fourth-order valence-corrected chi connectivity index (χ4v) is 3.53. The topological polar surface area (TPSA) is 94.8 Å². The number of rotatable bonds is 4. The van der Waals surface area contributed by atoms with Crippen LogP contribution in [-0.2, 0) is 16.4 Å². The van der Waals surface area contributed by atoms with Gasteiger partial charge in [0.1, 0.15) is 0 Å². The van der Waals surface area contributed by atoms with Crippen LogP contribution in [0.15, 0.2) is 46.1 Å². The summed E-state index contributed by atoms with van der Waals surface area (Å²) < 4.78 is 27.6. The molecule has 0 amide bonds. The molecule has 120 valence electrons. The average molecular weight is 331 g/mol. The number of aromatic amines is 2. The van der Waals surface area contributed by atoms with Gasteiger partial charge in [-0.25, -0.2) is 13.2 Å². The Labute approximate surface area is 133 Å². The fourth-order valence-electron chi connectivity index (χ4n) is 2.41. The SMILES string of the molecule is CCc1ccc(S(=O)(=O)Nc2cc3[nH]c(=O)[nH]c3cc2C)cc1. The summed E-state index contributed by atoms with van der Waals surface area (Å²) in [5, 5.41) is 0. The van der Waals surface area contributed by atoms with Gasteiger partial charge in [-0.05, 0) is 48.7 Å². The first-order valence-electron chi connectivity index (χ1n) is 7.23. The zero-order valence-electron chi connectivity index (χ0n) is 12.8. The molecule has 7 heteroatoms. The summed E-state index contributed by atoms with van der Waals surface area (Å²) in [5.41, 5.74) is 3.11. The van der Waals surface area contributed by atoms with Crippen molar-refractivity contribution in [3.8, 4) is 0 Å². The number of hydrogen-bond donors (Lipinski definition) is 3. The Morgan fingerprint density at radius 2 is 1.65 bits per heavy atom. The van der Waals surface area contributed by atoms with Gasteiger partial charge in [0.25, 0.3) is 10.0 Å². The van der Waals surface area contributed by atoms with Crippen molar-refractivity contribution in [3.05, 3.63) is 58.0 Å². The molecule has 23 heavy (non-hydrogen) atoms. The summed E-state index contributed by atoms with van der Waals surface area (Å²) in [7, 11) is -3.67. The molecule has 1 heterocycles. The second-order valence-corrected chi connectivity index (χ2v) is 7.08. The Balaban J connectivity index is 1.98. The van der Waals surface area contributed by atoms with Gasteiger partial charge < -0.3 is 9.97 Å². The van der Waals surface area contributed by atoms with Gasteiger partial charge in [-0.2, -0.15) is 0 Å². The minimum absolute atomic E-state index is 0.205. The van der Waals surface area contributed by atoms with Gasteiger partial charge in [-0.1, -0.05) is 19.1 Å². The number of anilines is 1. The summed E-state index contributed by atoms with van der Waals surface area (Å²) in [6.07, 6.45) is 0.852. The molecule has 1 aromatic heterocycles.